The van der Waals surface area contributed by atoms with Crippen molar-refractivity contribution in [2.75, 3.05) is 18.8 Å². The van der Waals surface area contributed by atoms with E-state index >= 15 is 0 Å². The maximum atomic E-state index is 3.60. The van der Waals surface area contributed by atoms with Crippen LogP contribution in [0.25, 0.3) is 0 Å². The van der Waals surface area contributed by atoms with Gasteiger partial charge in [0.05, 0.1) is 0 Å². The molecule has 0 unspecified atom stereocenters. The number of hydrogen-bond donors (Lipinski definition) is 1. The number of benzene rings is 1. The van der Waals surface area contributed by atoms with Crippen LogP contribution in [0.1, 0.15) is 45.4 Å². The smallest absolute Gasteiger partial charge is 0.00719 e. The van der Waals surface area contributed by atoms with Crippen molar-refractivity contribution in [3.63, 3.8) is 0 Å². The van der Waals surface area contributed by atoms with E-state index < -0.39 is 0 Å². The van der Waals surface area contributed by atoms with E-state index in [0.29, 0.717) is 5.41 Å². The van der Waals surface area contributed by atoms with Gasteiger partial charge < -0.3 is 5.32 Å². The van der Waals surface area contributed by atoms with E-state index in [1.165, 1.54) is 55.7 Å². The zero-order chi connectivity index (χ0) is 13.4. The van der Waals surface area contributed by atoms with Crippen LogP contribution < -0.4 is 5.32 Å². The largest absolute Gasteiger partial charge is 0.316 e. The van der Waals surface area contributed by atoms with Gasteiger partial charge in [-0.15, -0.1) is 11.8 Å². The van der Waals surface area contributed by atoms with Crippen LogP contribution in [-0.2, 0) is 0 Å². The molecule has 0 heterocycles. The zero-order valence-corrected chi connectivity index (χ0v) is 13.0. The summed E-state index contributed by atoms with van der Waals surface area (Å²) in [4.78, 5) is 1.41. The first-order valence-corrected chi connectivity index (χ1v) is 8.72. The Labute approximate surface area is 122 Å². The van der Waals surface area contributed by atoms with Gasteiger partial charge in [-0.1, -0.05) is 44.4 Å². The van der Waals surface area contributed by atoms with Crippen molar-refractivity contribution in [3.8, 4) is 0 Å². The van der Waals surface area contributed by atoms with Crippen molar-refractivity contribution in [1.82, 2.24) is 5.32 Å². The van der Waals surface area contributed by atoms with Crippen LogP contribution >= 0.6 is 11.8 Å². The van der Waals surface area contributed by atoms with Crippen LogP contribution in [0, 0.1) is 5.41 Å². The lowest BCUT2D eigenvalue weighted by Crippen LogP contribution is -2.36. The third-order valence-electron chi connectivity index (χ3n) is 4.31. The van der Waals surface area contributed by atoms with Gasteiger partial charge in [-0.2, -0.15) is 0 Å². The number of rotatable bonds is 7. The van der Waals surface area contributed by atoms with Gasteiger partial charge in [0.25, 0.3) is 0 Å². The standard InChI is InChI=1S/C17H27NS/c1-2-18-15-17(11-7-4-8-12-17)13-14-19-16-9-5-3-6-10-16/h3,5-6,9-10,18H,2,4,7-8,11-15H2,1H3. The summed E-state index contributed by atoms with van der Waals surface area (Å²) in [6, 6.07) is 10.8. The Morgan fingerprint density at radius 2 is 1.84 bits per heavy atom. The molecule has 0 saturated heterocycles. The summed E-state index contributed by atoms with van der Waals surface area (Å²) in [6.07, 6.45) is 8.52. The summed E-state index contributed by atoms with van der Waals surface area (Å²) in [6.45, 7) is 4.54. The van der Waals surface area contributed by atoms with Crippen molar-refractivity contribution < 1.29 is 0 Å². The molecule has 1 nitrogen and oxygen atoms in total. The Hall–Kier alpha value is -0.470. The van der Waals surface area contributed by atoms with Gasteiger partial charge in [0, 0.05) is 11.4 Å². The van der Waals surface area contributed by atoms with Crippen LogP contribution in [-0.4, -0.2) is 18.8 Å². The average Bonchev–Trinajstić information content (AvgIpc) is 2.47. The van der Waals surface area contributed by atoms with Gasteiger partial charge in [-0.05, 0) is 49.1 Å². The van der Waals surface area contributed by atoms with E-state index in [1.54, 1.807) is 0 Å². The van der Waals surface area contributed by atoms with Gasteiger partial charge in [0.1, 0.15) is 0 Å². The summed E-state index contributed by atoms with van der Waals surface area (Å²) in [7, 11) is 0. The first-order valence-electron chi connectivity index (χ1n) is 7.73. The van der Waals surface area contributed by atoms with Gasteiger partial charge in [-0.3, -0.25) is 0 Å². The molecule has 0 aliphatic heterocycles. The molecule has 1 aliphatic rings. The third kappa shape index (κ3) is 4.85. The fraction of sp³-hybridized carbons (Fsp3) is 0.647. The molecular formula is C17H27NS. The summed E-state index contributed by atoms with van der Waals surface area (Å²) in [5.74, 6) is 1.26. The van der Waals surface area contributed by atoms with E-state index in [0.717, 1.165) is 6.54 Å². The lowest BCUT2D eigenvalue weighted by Gasteiger charge is -2.37. The van der Waals surface area contributed by atoms with Crippen LogP contribution in [0.4, 0.5) is 0 Å². The van der Waals surface area contributed by atoms with Gasteiger partial charge in [-0.25, -0.2) is 0 Å². The van der Waals surface area contributed by atoms with E-state index in [1.807, 2.05) is 11.8 Å². The highest BCUT2D eigenvalue weighted by Gasteiger charge is 2.30. The maximum absolute atomic E-state index is 3.60. The molecule has 1 fully saturated rings. The quantitative estimate of drug-likeness (QED) is 0.723. The van der Waals surface area contributed by atoms with Crippen molar-refractivity contribution in [3.05, 3.63) is 30.3 Å². The van der Waals surface area contributed by atoms with E-state index in [2.05, 4.69) is 42.6 Å². The first-order chi connectivity index (χ1) is 9.35. The molecule has 2 heteroatoms. The average molecular weight is 277 g/mol. The highest BCUT2D eigenvalue weighted by molar-refractivity contribution is 7.99. The van der Waals surface area contributed by atoms with Gasteiger partial charge in [0.15, 0.2) is 0 Å². The Balaban J connectivity index is 1.82. The Morgan fingerprint density at radius 1 is 1.11 bits per heavy atom. The SMILES string of the molecule is CCNCC1(CCSc2ccccc2)CCCCC1. The van der Waals surface area contributed by atoms with Crippen molar-refractivity contribution in [2.45, 2.75) is 50.3 Å². The summed E-state index contributed by atoms with van der Waals surface area (Å²) in [5, 5.41) is 3.60. The fourth-order valence-electron chi connectivity index (χ4n) is 3.11. The Morgan fingerprint density at radius 3 is 2.53 bits per heavy atom. The molecule has 1 aromatic rings. The molecule has 1 aromatic carbocycles. The molecule has 19 heavy (non-hydrogen) atoms. The predicted molar refractivity (Wildman–Crippen MR) is 85.8 cm³/mol. The molecule has 0 radical (unpaired) electrons. The topological polar surface area (TPSA) is 12.0 Å². The lowest BCUT2D eigenvalue weighted by atomic mass is 9.72. The minimum Gasteiger partial charge on any atom is -0.316 e. The monoisotopic (exact) mass is 277 g/mol. The molecule has 1 saturated carbocycles. The Kier molecular flexibility index (Phi) is 6.25. The number of nitrogens with one attached hydrogen (secondary N) is 1. The Bertz CT molecular complexity index is 344. The molecule has 0 bridgehead atoms. The van der Waals surface area contributed by atoms with Gasteiger partial charge >= 0.3 is 0 Å². The molecular weight excluding hydrogens is 250 g/mol. The normalized spacial score (nSPS) is 18.4. The maximum Gasteiger partial charge on any atom is 0.00719 e. The second-order valence-corrected chi connectivity index (χ2v) is 6.92. The minimum atomic E-state index is 0.579. The van der Waals surface area contributed by atoms with Crippen LogP contribution in [0.3, 0.4) is 0 Å². The van der Waals surface area contributed by atoms with Gasteiger partial charge in [0.2, 0.25) is 0 Å². The van der Waals surface area contributed by atoms with E-state index in [4.69, 9.17) is 0 Å². The number of thioether (sulfide) groups is 1. The first kappa shape index (κ1) is 14.9. The minimum absolute atomic E-state index is 0.579. The molecule has 0 atom stereocenters. The molecule has 1 aliphatic carbocycles. The van der Waals surface area contributed by atoms with E-state index in [9.17, 15) is 0 Å². The van der Waals surface area contributed by atoms with Crippen LogP contribution in [0.2, 0.25) is 0 Å². The van der Waals surface area contributed by atoms with Crippen LogP contribution in [0.15, 0.2) is 35.2 Å². The second kappa shape index (κ2) is 7.96. The second-order valence-electron chi connectivity index (χ2n) is 5.75. The molecule has 2 rings (SSSR count). The van der Waals surface area contributed by atoms with Crippen molar-refractivity contribution in [2.24, 2.45) is 5.41 Å². The molecule has 106 valence electrons. The summed E-state index contributed by atoms with van der Waals surface area (Å²) in [5.41, 5.74) is 0.579. The van der Waals surface area contributed by atoms with Crippen molar-refractivity contribution in [1.29, 1.82) is 0 Å². The molecule has 0 spiro atoms. The van der Waals surface area contributed by atoms with Crippen LogP contribution in [0.5, 0.6) is 0 Å². The van der Waals surface area contributed by atoms with E-state index in [-0.39, 0.29) is 0 Å². The molecule has 0 aromatic heterocycles. The molecule has 0 amide bonds. The summed E-state index contributed by atoms with van der Waals surface area (Å²) < 4.78 is 0. The zero-order valence-electron chi connectivity index (χ0n) is 12.2. The molecule has 1 N–H and O–H groups in total. The highest BCUT2D eigenvalue weighted by atomic mass is 32.2. The third-order valence-corrected chi connectivity index (χ3v) is 5.32. The fourth-order valence-corrected chi connectivity index (χ4v) is 4.23. The highest BCUT2D eigenvalue weighted by Crippen LogP contribution is 2.40. The predicted octanol–water partition coefficient (Wildman–Crippen LogP) is 4.73. The van der Waals surface area contributed by atoms with Crippen molar-refractivity contribution >= 4 is 11.8 Å². The number of hydrogen-bond acceptors (Lipinski definition) is 2. The lowest BCUT2D eigenvalue weighted by molar-refractivity contribution is 0.177. The summed E-state index contributed by atoms with van der Waals surface area (Å²) >= 11 is 2.02.